The van der Waals surface area contributed by atoms with Crippen LogP contribution in [0.15, 0.2) is 77.9 Å². The molecule has 1 aliphatic heterocycles. The Morgan fingerprint density at radius 3 is 2.35 bits per heavy atom. The van der Waals surface area contributed by atoms with Crippen molar-refractivity contribution in [3.63, 3.8) is 0 Å². The molecule has 0 saturated carbocycles. The Morgan fingerprint density at radius 1 is 1.00 bits per heavy atom. The molecule has 0 bridgehead atoms. The van der Waals surface area contributed by atoms with Crippen molar-refractivity contribution >= 4 is 23.2 Å². The molecule has 3 aromatic carbocycles. The summed E-state index contributed by atoms with van der Waals surface area (Å²) in [4.78, 5) is 12.6. The van der Waals surface area contributed by atoms with Gasteiger partial charge in [0.25, 0.3) is 5.91 Å². The quantitative estimate of drug-likeness (QED) is 0.330. The Labute approximate surface area is 204 Å². The number of methoxy groups -OCH3 is 1. The third-order valence-corrected chi connectivity index (χ3v) is 5.91. The fourth-order valence-corrected chi connectivity index (χ4v) is 3.73. The first-order chi connectivity index (χ1) is 16.5. The van der Waals surface area contributed by atoms with E-state index >= 15 is 0 Å². The fraction of sp³-hybridized carbons (Fsp3) is 0.231. The van der Waals surface area contributed by atoms with Gasteiger partial charge in [0.2, 0.25) is 0 Å². The molecular formula is C26H27ClN4O3. The van der Waals surface area contributed by atoms with Crippen LogP contribution in [-0.2, 0) is 11.4 Å². The van der Waals surface area contributed by atoms with Crippen molar-refractivity contribution < 1.29 is 14.3 Å². The van der Waals surface area contributed by atoms with Crippen LogP contribution in [0.3, 0.4) is 0 Å². The third kappa shape index (κ3) is 6.14. The van der Waals surface area contributed by atoms with E-state index in [1.807, 2.05) is 79.7 Å². The number of hydrogen-bond donors (Lipinski definition) is 3. The second-order valence-corrected chi connectivity index (χ2v) is 8.45. The second-order valence-electron chi connectivity index (χ2n) is 8.02. The predicted molar refractivity (Wildman–Crippen MR) is 133 cm³/mol. The molecule has 1 heterocycles. The fourth-order valence-electron chi connectivity index (χ4n) is 3.60. The Bertz CT molecular complexity index is 1130. The van der Waals surface area contributed by atoms with E-state index in [4.69, 9.17) is 21.1 Å². The molecule has 0 spiro atoms. The summed E-state index contributed by atoms with van der Waals surface area (Å²) in [5.74, 6) is 1.36. The maximum atomic E-state index is 12.6. The van der Waals surface area contributed by atoms with Crippen molar-refractivity contribution in [2.45, 2.75) is 32.0 Å². The highest BCUT2D eigenvalue weighted by atomic mass is 35.5. The van der Waals surface area contributed by atoms with Crippen molar-refractivity contribution in [2.75, 3.05) is 7.11 Å². The average molecular weight is 479 g/mol. The molecule has 176 valence electrons. The van der Waals surface area contributed by atoms with E-state index in [0.717, 1.165) is 28.2 Å². The van der Waals surface area contributed by atoms with Gasteiger partial charge in [0.1, 0.15) is 24.1 Å². The van der Waals surface area contributed by atoms with Crippen LogP contribution >= 0.6 is 11.6 Å². The van der Waals surface area contributed by atoms with E-state index in [-0.39, 0.29) is 11.9 Å². The van der Waals surface area contributed by atoms with E-state index in [9.17, 15) is 4.79 Å². The highest BCUT2D eigenvalue weighted by Crippen LogP contribution is 2.25. The van der Waals surface area contributed by atoms with Crippen LogP contribution in [0, 0.1) is 0 Å². The van der Waals surface area contributed by atoms with E-state index in [0.29, 0.717) is 23.8 Å². The van der Waals surface area contributed by atoms with E-state index < -0.39 is 6.04 Å². The Morgan fingerprint density at radius 2 is 1.68 bits per heavy atom. The minimum absolute atomic E-state index is 0.00716. The van der Waals surface area contributed by atoms with Crippen molar-refractivity contribution in [2.24, 2.45) is 5.10 Å². The normalized spacial score (nSPS) is 17.9. The van der Waals surface area contributed by atoms with Gasteiger partial charge in [-0.15, -0.1) is 0 Å². The first kappa shape index (κ1) is 23.8. The monoisotopic (exact) mass is 478 g/mol. The minimum Gasteiger partial charge on any atom is -0.497 e. The zero-order chi connectivity index (χ0) is 23.9. The summed E-state index contributed by atoms with van der Waals surface area (Å²) in [6, 6.07) is 22.6. The molecule has 4 rings (SSSR count). The van der Waals surface area contributed by atoms with Gasteiger partial charge in [-0.25, -0.2) is 16.3 Å². The van der Waals surface area contributed by atoms with E-state index in [1.54, 1.807) is 7.11 Å². The van der Waals surface area contributed by atoms with Gasteiger partial charge in [-0.05, 0) is 78.6 Å². The highest BCUT2D eigenvalue weighted by Gasteiger charge is 2.30. The number of halogens is 1. The number of nitrogens with one attached hydrogen (secondary N) is 3. The van der Waals surface area contributed by atoms with Gasteiger partial charge < -0.3 is 9.47 Å². The number of carbonyl (C=O) groups is 1. The molecule has 0 aromatic heterocycles. The van der Waals surface area contributed by atoms with Crippen LogP contribution in [0.25, 0.3) is 0 Å². The molecule has 3 N–H and O–H groups in total. The summed E-state index contributed by atoms with van der Waals surface area (Å²) in [6.45, 7) is 2.32. The van der Waals surface area contributed by atoms with Crippen molar-refractivity contribution in [3.05, 3.63) is 94.5 Å². The maximum Gasteiger partial charge on any atom is 0.258 e. The van der Waals surface area contributed by atoms with Gasteiger partial charge in [0, 0.05) is 11.1 Å². The molecule has 0 aliphatic carbocycles. The van der Waals surface area contributed by atoms with Crippen LogP contribution in [0.1, 0.15) is 36.1 Å². The Balaban J connectivity index is 1.27. The number of rotatable bonds is 8. The van der Waals surface area contributed by atoms with Crippen molar-refractivity contribution in [3.8, 4) is 11.5 Å². The predicted octanol–water partition coefficient (Wildman–Crippen LogP) is 4.38. The lowest BCUT2D eigenvalue weighted by Crippen LogP contribution is -2.41. The lowest BCUT2D eigenvalue weighted by atomic mass is 10.0. The number of amides is 1. The molecule has 34 heavy (non-hydrogen) atoms. The van der Waals surface area contributed by atoms with Crippen LogP contribution in [0.2, 0.25) is 5.02 Å². The number of ether oxygens (including phenoxy) is 2. The molecule has 1 fully saturated rings. The lowest BCUT2D eigenvalue weighted by molar-refractivity contribution is -0.122. The number of nitrogens with zero attached hydrogens (tertiary/aromatic N) is 1. The van der Waals surface area contributed by atoms with E-state index in [2.05, 4.69) is 21.4 Å². The Hall–Kier alpha value is -3.39. The summed E-state index contributed by atoms with van der Waals surface area (Å²) in [7, 11) is 1.62. The molecular weight excluding hydrogens is 452 g/mol. The summed E-state index contributed by atoms with van der Waals surface area (Å²) < 4.78 is 11.0. The highest BCUT2D eigenvalue weighted by molar-refractivity contribution is 6.30. The second kappa shape index (κ2) is 11.2. The lowest BCUT2D eigenvalue weighted by Gasteiger charge is -2.11. The zero-order valence-electron chi connectivity index (χ0n) is 19.0. The first-order valence-electron chi connectivity index (χ1n) is 11.0. The van der Waals surface area contributed by atoms with Gasteiger partial charge in [-0.2, -0.15) is 5.10 Å². The van der Waals surface area contributed by atoms with Gasteiger partial charge in [0.05, 0.1) is 12.8 Å². The summed E-state index contributed by atoms with van der Waals surface area (Å²) in [5, 5.41) is 4.94. The topological polar surface area (TPSA) is 84.0 Å². The maximum absolute atomic E-state index is 12.6. The average Bonchev–Trinajstić information content (AvgIpc) is 3.38. The third-order valence-electron chi connectivity index (χ3n) is 5.66. The number of hydrogen-bond acceptors (Lipinski definition) is 6. The van der Waals surface area contributed by atoms with Crippen LogP contribution in [-0.4, -0.2) is 24.8 Å². The van der Waals surface area contributed by atoms with Gasteiger partial charge >= 0.3 is 0 Å². The zero-order valence-corrected chi connectivity index (χ0v) is 19.8. The number of hydrazone groups is 1. The standard InChI is InChI=1S/C26H27ClN4O3/c1-17(19-5-11-22(33-2)12-6-19)28-31-26(32)25-15-24(29-30-25)20-7-13-23(14-8-20)34-16-18-3-9-21(27)10-4-18/h3-14,24-25,29-30H,15-16H2,1-2H3,(H,31,32)/b28-17+. The van der Waals surface area contributed by atoms with Crippen LogP contribution in [0.4, 0.5) is 0 Å². The molecule has 0 radical (unpaired) electrons. The number of hydrazine groups is 1. The van der Waals surface area contributed by atoms with Gasteiger partial charge in [-0.3, -0.25) is 4.79 Å². The molecule has 2 unspecified atom stereocenters. The minimum atomic E-state index is -0.391. The van der Waals surface area contributed by atoms with Crippen LogP contribution in [0.5, 0.6) is 11.5 Å². The van der Waals surface area contributed by atoms with E-state index in [1.165, 1.54) is 0 Å². The summed E-state index contributed by atoms with van der Waals surface area (Å²) >= 11 is 5.92. The van der Waals surface area contributed by atoms with Crippen molar-refractivity contribution in [1.82, 2.24) is 16.3 Å². The molecule has 3 aromatic rings. The molecule has 1 amide bonds. The number of carbonyl (C=O) groups excluding carboxylic acids is 1. The first-order valence-corrected chi connectivity index (χ1v) is 11.4. The summed E-state index contributed by atoms with van der Waals surface area (Å²) in [6.07, 6.45) is 0.605. The Kier molecular flexibility index (Phi) is 7.80. The SMILES string of the molecule is COc1ccc(/C(C)=N/NC(=O)C2CC(c3ccc(OCc4ccc(Cl)cc4)cc3)NN2)cc1. The van der Waals surface area contributed by atoms with Gasteiger partial charge in [0.15, 0.2) is 0 Å². The smallest absolute Gasteiger partial charge is 0.258 e. The van der Waals surface area contributed by atoms with Gasteiger partial charge in [-0.1, -0.05) is 35.9 Å². The number of benzene rings is 3. The van der Waals surface area contributed by atoms with Crippen molar-refractivity contribution in [1.29, 1.82) is 0 Å². The molecule has 1 aliphatic rings. The largest absolute Gasteiger partial charge is 0.497 e. The molecule has 1 saturated heterocycles. The molecule has 2 atom stereocenters. The summed E-state index contributed by atoms with van der Waals surface area (Å²) in [5.41, 5.74) is 12.7. The van der Waals surface area contributed by atoms with Crippen LogP contribution < -0.4 is 25.8 Å². The molecule has 8 heteroatoms. The molecule has 7 nitrogen and oxygen atoms in total.